The van der Waals surface area contributed by atoms with Gasteiger partial charge in [0.1, 0.15) is 11.8 Å². The van der Waals surface area contributed by atoms with Crippen LogP contribution in [0.3, 0.4) is 0 Å². The Balaban J connectivity index is 1.46. The number of ether oxygens (including phenoxy) is 3. The molecule has 1 aromatic heterocycles. The van der Waals surface area contributed by atoms with Gasteiger partial charge in [-0.2, -0.15) is 0 Å². The Morgan fingerprint density at radius 1 is 1.20 bits per heavy atom. The predicted octanol–water partition coefficient (Wildman–Crippen LogP) is 3.36. The molecule has 0 saturated carbocycles. The van der Waals surface area contributed by atoms with Crippen LogP contribution in [0.25, 0.3) is 11.3 Å². The van der Waals surface area contributed by atoms with Gasteiger partial charge in [-0.1, -0.05) is 24.3 Å². The molecule has 1 aliphatic rings. The van der Waals surface area contributed by atoms with E-state index in [-0.39, 0.29) is 43.0 Å². The van der Waals surface area contributed by atoms with Crippen molar-refractivity contribution in [3.8, 4) is 11.3 Å². The molecular weight excluding hydrogens is 452 g/mol. The van der Waals surface area contributed by atoms with Gasteiger partial charge in [-0.3, -0.25) is 19.1 Å². The summed E-state index contributed by atoms with van der Waals surface area (Å²) in [6.45, 7) is 6.10. The molecule has 0 unspecified atom stereocenters. The van der Waals surface area contributed by atoms with Crippen molar-refractivity contribution in [3.63, 3.8) is 0 Å². The van der Waals surface area contributed by atoms with Gasteiger partial charge in [-0.05, 0) is 31.9 Å². The van der Waals surface area contributed by atoms with Gasteiger partial charge < -0.3 is 19.5 Å². The average molecular weight is 487 g/mol. The Kier molecular flexibility index (Phi) is 9.36. The number of nitrogens with zero attached hydrogens (tertiary/aromatic N) is 3. The lowest BCUT2D eigenvalue weighted by Gasteiger charge is -2.21. The Morgan fingerprint density at radius 3 is 2.71 bits per heavy atom. The minimum atomic E-state index is -0.427. The van der Waals surface area contributed by atoms with Crippen LogP contribution in [0.5, 0.6) is 0 Å². The summed E-state index contributed by atoms with van der Waals surface area (Å²) in [6.07, 6.45) is 4.19. The van der Waals surface area contributed by atoms with Crippen molar-refractivity contribution in [3.05, 3.63) is 30.5 Å². The largest absolute Gasteiger partial charge is 0.469 e. The summed E-state index contributed by atoms with van der Waals surface area (Å²) in [5, 5.41) is 11.3. The van der Waals surface area contributed by atoms with Gasteiger partial charge >= 0.3 is 11.9 Å². The van der Waals surface area contributed by atoms with Gasteiger partial charge in [0.05, 0.1) is 38.4 Å². The van der Waals surface area contributed by atoms with Crippen molar-refractivity contribution >= 4 is 23.5 Å². The van der Waals surface area contributed by atoms with Crippen molar-refractivity contribution in [2.24, 2.45) is 5.92 Å². The number of methoxy groups -OCH3 is 1. The fourth-order valence-electron chi connectivity index (χ4n) is 4.23. The number of benzene rings is 1. The first-order valence-electron chi connectivity index (χ1n) is 11.9. The molecule has 1 amide bonds. The van der Waals surface area contributed by atoms with E-state index in [4.69, 9.17) is 9.47 Å². The lowest BCUT2D eigenvalue weighted by molar-refractivity contribution is -0.153. The second-order valence-corrected chi connectivity index (χ2v) is 9.05. The quantitative estimate of drug-likeness (QED) is 0.480. The maximum Gasteiger partial charge on any atom is 0.306 e. The summed E-state index contributed by atoms with van der Waals surface area (Å²) in [7, 11) is 1.29. The minimum Gasteiger partial charge on any atom is -0.469 e. The fourth-order valence-corrected chi connectivity index (χ4v) is 4.23. The molecule has 190 valence electrons. The summed E-state index contributed by atoms with van der Waals surface area (Å²) >= 11 is 0. The molecule has 1 aliphatic heterocycles. The maximum atomic E-state index is 11.9. The zero-order valence-electron chi connectivity index (χ0n) is 20.7. The zero-order chi connectivity index (χ0) is 25.4. The number of esters is 2. The number of nitrogens with one attached hydrogen (secondary N) is 1. The summed E-state index contributed by atoms with van der Waals surface area (Å²) in [5.74, 6) is -0.738. The number of amides is 1. The first-order valence-corrected chi connectivity index (χ1v) is 11.9. The molecule has 1 fully saturated rings. The van der Waals surface area contributed by atoms with Crippen LogP contribution in [0.4, 0.5) is 5.69 Å². The molecule has 0 aliphatic carbocycles. The van der Waals surface area contributed by atoms with Crippen LogP contribution in [0.2, 0.25) is 0 Å². The van der Waals surface area contributed by atoms with E-state index in [2.05, 4.69) is 27.3 Å². The van der Waals surface area contributed by atoms with Gasteiger partial charge in [-0.25, -0.2) is 0 Å². The number of carbonyl (C=O) groups is 3. The van der Waals surface area contributed by atoms with Crippen LogP contribution >= 0.6 is 0 Å². The van der Waals surface area contributed by atoms with Crippen molar-refractivity contribution < 1.29 is 28.6 Å². The highest BCUT2D eigenvalue weighted by Gasteiger charge is 2.31. The molecule has 35 heavy (non-hydrogen) atoms. The molecule has 1 N–H and O–H groups in total. The molecular formula is C25H34N4O6. The predicted molar refractivity (Wildman–Crippen MR) is 128 cm³/mol. The number of hydrogen-bond acceptors (Lipinski definition) is 8. The molecule has 4 atom stereocenters. The van der Waals surface area contributed by atoms with Gasteiger partial charge in [0.2, 0.25) is 5.91 Å². The molecule has 0 bridgehead atoms. The lowest BCUT2D eigenvalue weighted by Crippen LogP contribution is -2.26. The van der Waals surface area contributed by atoms with Crippen LogP contribution in [-0.4, -0.2) is 58.3 Å². The Morgan fingerprint density at radius 2 is 1.97 bits per heavy atom. The normalized spacial score (nSPS) is 19.1. The molecule has 1 saturated heterocycles. The molecule has 2 aromatic rings. The summed E-state index contributed by atoms with van der Waals surface area (Å²) in [5.41, 5.74) is 2.33. The van der Waals surface area contributed by atoms with Crippen LogP contribution in [0.15, 0.2) is 30.5 Å². The Bertz CT molecular complexity index is 1020. The third kappa shape index (κ3) is 8.17. The molecule has 1 aromatic carbocycles. The highest BCUT2D eigenvalue weighted by Crippen LogP contribution is 2.29. The number of carbonyl (C=O) groups excluding carboxylic acids is 3. The molecule has 2 heterocycles. The zero-order valence-corrected chi connectivity index (χ0v) is 20.7. The number of anilines is 1. The Hall–Kier alpha value is -3.27. The van der Waals surface area contributed by atoms with Crippen molar-refractivity contribution in [1.29, 1.82) is 0 Å². The number of hydrogen-bond donors (Lipinski definition) is 1. The highest BCUT2D eigenvalue weighted by molar-refractivity contribution is 5.89. The summed E-state index contributed by atoms with van der Waals surface area (Å²) in [6, 6.07) is 7.49. The SMILES string of the molecule is COC(=O)CCC(=O)O[C@@H](C)C[C@@H]1CC[C@H]([C@@H](C)Cn2cc(-c3cccc(NC(C)=O)c3)nn2)O1. The highest BCUT2D eigenvalue weighted by atomic mass is 16.5. The minimum absolute atomic E-state index is 0.0135. The van der Waals surface area contributed by atoms with Crippen LogP contribution in [0.1, 0.15) is 52.9 Å². The van der Waals surface area contributed by atoms with Crippen LogP contribution < -0.4 is 5.32 Å². The average Bonchev–Trinajstić information content (AvgIpc) is 3.47. The van der Waals surface area contributed by atoms with Gasteiger partial charge in [-0.15, -0.1) is 5.10 Å². The standard InChI is InChI=1S/C25H34N4O6/c1-16(14-29-15-22(27-28-29)19-6-5-7-20(13-19)26-18(3)30)23-9-8-21(35-23)12-17(2)34-25(32)11-10-24(31)33-4/h5-7,13,15-17,21,23H,8-12,14H2,1-4H3,(H,26,30)/t16-,17-,21-,23+/m0/s1. The first-order chi connectivity index (χ1) is 16.7. The van der Waals surface area contributed by atoms with Crippen molar-refractivity contribution in [2.45, 2.75) is 77.7 Å². The molecule has 10 heteroatoms. The third-order valence-corrected chi connectivity index (χ3v) is 5.96. The van der Waals surface area contributed by atoms with Gasteiger partial charge in [0.15, 0.2) is 0 Å². The maximum absolute atomic E-state index is 11.9. The van der Waals surface area contributed by atoms with Gasteiger partial charge in [0, 0.05) is 37.1 Å². The smallest absolute Gasteiger partial charge is 0.306 e. The van der Waals surface area contributed by atoms with Crippen molar-refractivity contribution in [1.82, 2.24) is 15.0 Å². The van der Waals surface area contributed by atoms with Crippen molar-refractivity contribution in [2.75, 3.05) is 12.4 Å². The molecule has 0 spiro atoms. The molecule has 10 nitrogen and oxygen atoms in total. The summed E-state index contributed by atoms with van der Waals surface area (Å²) < 4.78 is 18.0. The van der Waals surface area contributed by atoms with Crippen LogP contribution in [0, 0.1) is 5.92 Å². The van der Waals surface area contributed by atoms with E-state index in [9.17, 15) is 14.4 Å². The lowest BCUT2D eigenvalue weighted by atomic mass is 10.0. The topological polar surface area (TPSA) is 122 Å². The van der Waals surface area contributed by atoms with E-state index >= 15 is 0 Å². The van der Waals surface area contributed by atoms with E-state index in [1.54, 1.807) is 0 Å². The Labute approximate surface area is 205 Å². The van der Waals surface area contributed by atoms with Crippen LogP contribution in [-0.2, 0) is 35.1 Å². The van der Waals surface area contributed by atoms with E-state index in [1.165, 1.54) is 14.0 Å². The van der Waals surface area contributed by atoms with E-state index in [0.29, 0.717) is 18.7 Å². The number of aromatic nitrogens is 3. The first kappa shape index (κ1) is 26.3. The third-order valence-electron chi connectivity index (χ3n) is 5.96. The summed E-state index contributed by atoms with van der Waals surface area (Å²) in [4.78, 5) is 34.4. The van der Waals surface area contributed by atoms with E-state index in [0.717, 1.165) is 24.1 Å². The van der Waals surface area contributed by atoms with Gasteiger partial charge in [0.25, 0.3) is 0 Å². The molecule has 3 rings (SSSR count). The monoisotopic (exact) mass is 486 g/mol. The number of rotatable bonds is 11. The van der Waals surface area contributed by atoms with E-state index in [1.807, 2.05) is 42.1 Å². The fraction of sp³-hybridized carbons (Fsp3) is 0.560. The van der Waals surface area contributed by atoms with E-state index < -0.39 is 11.9 Å². The second-order valence-electron chi connectivity index (χ2n) is 9.05. The molecule has 0 radical (unpaired) electrons. The second kappa shape index (κ2) is 12.4.